The number of ether oxygens (including phenoxy) is 2. The van der Waals surface area contributed by atoms with Gasteiger partial charge in [-0.1, -0.05) is 31.4 Å². The standard InChI is InChI=1S/C21H31ClN2O3/c1-3-13-27-20-18(22)14-16(15-19(20)26-4-2)21(25)24-11-9-23(10-12-24)17-7-5-6-8-17/h14-15,17H,3-13H2,1-2H3. The van der Waals surface area contributed by atoms with Crippen molar-refractivity contribution in [1.29, 1.82) is 0 Å². The molecule has 27 heavy (non-hydrogen) atoms. The van der Waals surface area contributed by atoms with Crippen molar-refractivity contribution in [2.75, 3.05) is 39.4 Å². The summed E-state index contributed by atoms with van der Waals surface area (Å²) in [4.78, 5) is 17.5. The van der Waals surface area contributed by atoms with Gasteiger partial charge in [0.2, 0.25) is 0 Å². The Balaban J connectivity index is 1.68. The second kappa shape index (κ2) is 9.65. The van der Waals surface area contributed by atoms with E-state index >= 15 is 0 Å². The van der Waals surface area contributed by atoms with E-state index in [0.717, 1.165) is 38.6 Å². The Bertz CT molecular complexity index is 639. The van der Waals surface area contributed by atoms with Crippen molar-refractivity contribution in [2.24, 2.45) is 0 Å². The summed E-state index contributed by atoms with van der Waals surface area (Å²) in [6, 6.07) is 4.20. The van der Waals surface area contributed by atoms with Crippen LogP contribution in [0, 0.1) is 0 Å². The van der Waals surface area contributed by atoms with Crippen molar-refractivity contribution < 1.29 is 14.3 Å². The Kier molecular flexibility index (Phi) is 7.25. The number of benzene rings is 1. The van der Waals surface area contributed by atoms with Crippen LogP contribution in [0.4, 0.5) is 0 Å². The van der Waals surface area contributed by atoms with E-state index in [1.54, 1.807) is 12.1 Å². The minimum absolute atomic E-state index is 0.0194. The molecule has 1 aliphatic heterocycles. The molecule has 3 rings (SSSR count). The van der Waals surface area contributed by atoms with E-state index < -0.39 is 0 Å². The molecule has 1 saturated heterocycles. The zero-order valence-electron chi connectivity index (χ0n) is 16.5. The summed E-state index contributed by atoms with van der Waals surface area (Å²) in [6.07, 6.45) is 6.18. The fourth-order valence-corrected chi connectivity index (χ4v) is 4.31. The SMILES string of the molecule is CCCOc1c(Cl)cc(C(=O)N2CCN(C3CCCC3)CC2)cc1OCC. The lowest BCUT2D eigenvalue weighted by atomic mass is 10.1. The Morgan fingerprint density at radius 2 is 1.81 bits per heavy atom. The number of nitrogens with zero attached hydrogens (tertiary/aromatic N) is 2. The summed E-state index contributed by atoms with van der Waals surface area (Å²) in [7, 11) is 0. The van der Waals surface area contributed by atoms with Crippen molar-refractivity contribution >= 4 is 17.5 Å². The number of piperazine rings is 1. The normalized spacial score (nSPS) is 18.7. The first-order valence-corrected chi connectivity index (χ1v) is 10.6. The molecule has 0 unspecified atom stereocenters. The summed E-state index contributed by atoms with van der Waals surface area (Å²) in [5.74, 6) is 1.10. The number of carbonyl (C=O) groups excluding carboxylic acids is 1. The number of hydrogen-bond acceptors (Lipinski definition) is 4. The van der Waals surface area contributed by atoms with Crippen LogP contribution in [0.3, 0.4) is 0 Å². The van der Waals surface area contributed by atoms with Crippen LogP contribution in [-0.2, 0) is 0 Å². The highest BCUT2D eigenvalue weighted by molar-refractivity contribution is 6.32. The topological polar surface area (TPSA) is 42.0 Å². The van der Waals surface area contributed by atoms with Crippen LogP contribution in [0.15, 0.2) is 12.1 Å². The van der Waals surface area contributed by atoms with Crippen LogP contribution < -0.4 is 9.47 Å². The minimum Gasteiger partial charge on any atom is -0.490 e. The molecule has 0 radical (unpaired) electrons. The summed E-state index contributed by atoms with van der Waals surface area (Å²) < 4.78 is 11.4. The first kappa shape index (κ1) is 20.3. The summed E-state index contributed by atoms with van der Waals surface area (Å²) in [5, 5.41) is 0.433. The number of rotatable bonds is 7. The number of halogens is 1. The maximum Gasteiger partial charge on any atom is 0.254 e. The molecule has 0 spiro atoms. The minimum atomic E-state index is 0.0194. The molecule has 0 N–H and O–H groups in total. The molecular formula is C21H31ClN2O3. The van der Waals surface area contributed by atoms with E-state index in [2.05, 4.69) is 4.90 Å². The molecule has 2 aliphatic rings. The maximum absolute atomic E-state index is 13.0. The molecule has 1 saturated carbocycles. The Hall–Kier alpha value is -1.46. The fourth-order valence-electron chi connectivity index (χ4n) is 4.04. The van der Waals surface area contributed by atoms with E-state index in [1.165, 1.54) is 25.7 Å². The second-order valence-electron chi connectivity index (χ2n) is 7.33. The molecule has 1 heterocycles. The molecule has 6 heteroatoms. The highest BCUT2D eigenvalue weighted by Crippen LogP contribution is 2.37. The van der Waals surface area contributed by atoms with Crippen LogP contribution in [0.5, 0.6) is 11.5 Å². The molecular weight excluding hydrogens is 364 g/mol. The van der Waals surface area contributed by atoms with Gasteiger partial charge in [0.15, 0.2) is 11.5 Å². The van der Waals surface area contributed by atoms with E-state index in [1.807, 2.05) is 18.7 Å². The first-order chi connectivity index (χ1) is 13.1. The lowest BCUT2D eigenvalue weighted by Gasteiger charge is -2.38. The molecule has 1 aromatic carbocycles. The molecule has 1 amide bonds. The van der Waals surface area contributed by atoms with Crippen molar-refractivity contribution in [3.05, 3.63) is 22.7 Å². The average Bonchev–Trinajstić information content (AvgIpc) is 3.22. The van der Waals surface area contributed by atoms with Gasteiger partial charge < -0.3 is 14.4 Å². The number of hydrogen-bond donors (Lipinski definition) is 0. The van der Waals surface area contributed by atoms with Gasteiger partial charge in [-0.15, -0.1) is 0 Å². The molecule has 150 valence electrons. The monoisotopic (exact) mass is 394 g/mol. The van der Waals surface area contributed by atoms with Crippen molar-refractivity contribution in [1.82, 2.24) is 9.80 Å². The molecule has 0 atom stereocenters. The first-order valence-electron chi connectivity index (χ1n) is 10.3. The third-order valence-electron chi connectivity index (χ3n) is 5.45. The second-order valence-corrected chi connectivity index (χ2v) is 7.74. The summed E-state index contributed by atoms with van der Waals surface area (Å²) >= 11 is 6.41. The van der Waals surface area contributed by atoms with Gasteiger partial charge in [0.25, 0.3) is 5.91 Å². The zero-order valence-corrected chi connectivity index (χ0v) is 17.3. The molecule has 0 aromatic heterocycles. The van der Waals surface area contributed by atoms with E-state index in [9.17, 15) is 4.79 Å². The van der Waals surface area contributed by atoms with Gasteiger partial charge in [-0.3, -0.25) is 9.69 Å². The Morgan fingerprint density at radius 3 is 2.44 bits per heavy atom. The van der Waals surface area contributed by atoms with Crippen LogP contribution in [-0.4, -0.2) is 61.1 Å². The van der Waals surface area contributed by atoms with Crippen molar-refractivity contribution in [3.63, 3.8) is 0 Å². The van der Waals surface area contributed by atoms with Gasteiger partial charge >= 0.3 is 0 Å². The van der Waals surface area contributed by atoms with Crippen LogP contribution >= 0.6 is 11.6 Å². The zero-order chi connectivity index (χ0) is 19.2. The van der Waals surface area contributed by atoms with Crippen molar-refractivity contribution in [3.8, 4) is 11.5 Å². The van der Waals surface area contributed by atoms with Gasteiger partial charge in [-0.2, -0.15) is 0 Å². The summed E-state index contributed by atoms with van der Waals surface area (Å²) in [5.41, 5.74) is 0.571. The lowest BCUT2D eigenvalue weighted by molar-refractivity contribution is 0.0573. The lowest BCUT2D eigenvalue weighted by Crippen LogP contribution is -2.51. The van der Waals surface area contributed by atoms with Crippen LogP contribution in [0.25, 0.3) is 0 Å². The Morgan fingerprint density at radius 1 is 1.11 bits per heavy atom. The predicted molar refractivity (Wildman–Crippen MR) is 108 cm³/mol. The largest absolute Gasteiger partial charge is 0.490 e. The van der Waals surface area contributed by atoms with Crippen LogP contribution in [0.1, 0.15) is 56.3 Å². The van der Waals surface area contributed by atoms with Gasteiger partial charge in [0.05, 0.1) is 18.2 Å². The summed E-state index contributed by atoms with van der Waals surface area (Å²) in [6.45, 7) is 8.47. The fraction of sp³-hybridized carbons (Fsp3) is 0.667. The average molecular weight is 395 g/mol. The Labute approximate surface area is 167 Å². The van der Waals surface area contributed by atoms with Gasteiger partial charge in [0.1, 0.15) is 0 Å². The third kappa shape index (κ3) is 4.88. The molecule has 1 aromatic rings. The molecule has 2 fully saturated rings. The van der Waals surface area contributed by atoms with E-state index in [4.69, 9.17) is 21.1 Å². The third-order valence-corrected chi connectivity index (χ3v) is 5.73. The number of amides is 1. The highest BCUT2D eigenvalue weighted by atomic mass is 35.5. The highest BCUT2D eigenvalue weighted by Gasteiger charge is 2.29. The molecule has 1 aliphatic carbocycles. The number of carbonyl (C=O) groups is 1. The van der Waals surface area contributed by atoms with Crippen molar-refractivity contribution in [2.45, 2.75) is 52.0 Å². The van der Waals surface area contributed by atoms with E-state index in [-0.39, 0.29) is 5.91 Å². The molecule has 5 nitrogen and oxygen atoms in total. The molecule has 0 bridgehead atoms. The smallest absolute Gasteiger partial charge is 0.254 e. The van der Waals surface area contributed by atoms with Gasteiger partial charge in [0, 0.05) is 37.8 Å². The van der Waals surface area contributed by atoms with E-state index in [0.29, 0.717) is 35.3 Å². The maximum atomic E-state index is 13.0. The quantitative estimate of drug-likeness (QED) is 0.694. The predicted octanol–water partition coefficient (Wildman–Crippen LogP) is 4.23. The van der Waals surface area contributed by atoms with Crippen LogP contribution in [0.2, 0.25) is 5.02 Å². The van der Waals surface area contributed by atoms with Gasteiger partial charge in [-0.05, 0) is 38.3 Å². The van der Waals surface area contributed by atoms with Gasteiger partial charge in [-0.25, -0.2) is 0 Å².